The monoisotopic (exact) mass is 405 g/mol. The zero-order valence-corrected chi connectivity index (χ0v) is 14.9. The van der Waals surface area contributed by atoms with E-state index in [-0.39, 0.29) is 0 Å². The Hall–Kier alpha value is -3.26. The van der Waals surface area contributed by atoms with E-state index in [1.54, 1.807) is 0 Å². The van der Waals surface area contributed by atoms with Gasteiger partial charge in [0.25, 0.3) is 0 Å². The topological polar surface area (TPSA) is 251 Å². The number of nitrogens with one attached hydrogen (secondary N) is 3. The Balaban J connectivity index is 5.02. The number of aliphatic hydroxyl groups excluding tert-OH is 1. The highest BCUT2D eigenvalue weighted by atomic mass is 16.4. The molecule has 0 heterocycles. The Morgan fingerprint density at radius 3 is 1.82 bits per heavy atom. The van der Waals surface area contributed by atoms with Gasteiger partial charge in [0.05, 0.1) is 25.5 Å². The molecule has 0 bridgehead atoms. The minimum Gasteiger partial charge on any atom is -0.481 e. The van der Waals surface area contributed by atoms with Gasteiger partial charge in [-0.2, -0.15) is 0 Å². The Bertz CT molecular complexity index is 639. The Morgan fingerprint density at radius 2 is 1.39 bits per heavy atom. The fourth-order valence-corrected chi connectivity index (χ4v) is 1.83. The number of hydrogen-bond acceptors (Lipinski definition) is 8. The maximum absolute atomic E-state index is 12.1. The maximum Gasteiger partial charge on any atom is 0.328 e. The van der Waals surface area contributed by atoms with Crippen molar-refractivity contribution in [2.24, 2.45) is 11.5 Å². The first-order valence-electron chi connectivity index (χ1n) is 7.89. The van der Waals surface area contributed by atoms with Crippen LogP contribution in [0.3, 0.4) is 0 Å². The maximum atomic E-state index is 12.1. The van der Waals surface area contributed by atoms with Crippen molar-refractivity contribution in [3.8, 4) is 0 Å². The number of aliphatic hydroxyl groups is 1. The molecule has 158 valence electrons. The van der Waals surface area contributed by atoms with Gasteiger partial charge in [0.1, 0.15) is 18.1 Å². The van der Waals surface area contributed by atoms with E-state index in [1.165, 1.54) is 6.92 Å². The molecule has 0 fully saturated rings. The van der Waals surface area contributed by atoms with Gasteiger partial charge in [0.2, 0.25) is 23.6 Å². The lowest BCUT2D eigenvalue weighted by Gasteiger charge is -2.22. The molecule has 0 rings (SSSR count). The predicted molar refractivity (Wildman–Crippen MR) is 90.2 cm³/mol. The largest absolute Gasteiger partial charge is 0.481 e. The molecule has 4 atom stereocenters. The molecule has 0 saturated heterocycles. The van der Waals surface area contributed by atoms with Crippen LogP contribution in [-0.2, 0) is 28.8 Å². The normalized spacial score (nSPS) is 14.7. The van der Waals surface area contributed by atoms with Crippen molar-refractivity contribution in [3.05, 3.63) is 0 Å². The fraction of sp³-hybridized carbons (Fsp3) is 0.571. The van der Waals surface area contributed by atoms with Gasteiger partial charge in [-0.15, -0.1) is 0 Å². The first kappa shape index (κ1) is 24.7. The van der Waals surface area contributed by atoms with Gasteiger partial charge in [-0.1, -0.05) is 0 Å². The molecule has 0 aliphatic carbocycles. The first-order valence-corrected chi connectivity index (χ1v) is 7.89. The van der Waals surface area contributed by atoms with Gasteiger partial charge < -0.3 is 42.7 Å². The summed E-state index contributed by atoms with van der Waals surface area (Å²) in [6.45, 7) is 0.243. The summed E-state index contributed by atoms with van der Waals surface area (Å²) in [5.41, 5.74) is 10.3. The zero-order chi connectivity index (χ0) is 22.0. The van der Waals surface area contributed by atoms with E-state index in [4.69, 9.17) is 26.8 Å². The quantitative estimate of drug-likeness (QED) is 0.154. The molecular weight excluding hydrogens is 382 g/mol. The molecular formula is C14H23N5O9. The summed E-state index contributed by atoms with van der Waals surface area (Å²) in [4.78, 5) is 68.4. The third kappa shape index (κ3) is 8.91. The van der Waals surface area contributed by atoms with Crippen LogP contribution in [0, 0.1) is 0 Å². The molecule has 28 heavy (non-hydrogen) atoms. The Labute approximate surface area is 158 Å². The minimum atomic E-state index is -1.70. The van der Waals surface area contributed by atoms with Crippen molar-refractivity contribution in [1.29, 1.82) is 0 Å². The minimum absolute atomic E-state index is 0.470. The van der Waals surface area contributed by atoms with Crippen molar-refractivity contribution >= 4 is 35.6 Å². The molecule has 0 radical (unpaired) electrons. The van der Waals surface area contributed by atoms with E-state index < -0.39 is 79.2 Å². The van der Waals surface area contributed by atoms with Crippen molar-refractivity contribution < 1.29 is 44.1 Å². The van der Waals surface area contributed by atoms with Crippen molar-refractivity contribution in [3.63, 3.8) is 0 Å². The highest BCUT2D eigenvalue weighted by molar-refractivity contribution is 5.96. The molecule has 4 amide bonds. The Kier molecular flexibility index (Phi) is 10.1. The van der Waals surface area contributed by atoms with Gasteiger partial charge >= 0.3 is 11.9 Å². The third-order valence-corrected chi connectivity index (χ3v) is 3.32. The summed E-state index contributed by atoms with van der Waals surface area (Å²) >= 11 is 0. The number of carbonyl (C=O) groups excluding carboxylic acids is 4. The SMILES string of the molecule is CC(NC(=O)C(N)CC(N)=O)C(=O)NC(CC(=O)O)C(=O)NC(CO)C(=O)O. The Morgan fingerprint density at radius 1 is 0.857 bits per heavy atom. The number of aliphatic carboxylic acids is 2. The summed E-state index contributed by atoms with van der Waals surface area (Å²) in [5, 5.41) is 32.6. The van der Waals surface area contributed by atoms with Gasteiger partial charge in [0, 0.05) is 0 Å². The van der Waals surface area contributed by atoms with Crippen LogP contribution >= 0.6 is 0 Å². The lowest BCUT2D eigenvalue weighted by atomic mass is 10.1. The van der Waals surface area contributed by atoms with Gasteiger partial charge in [0.15, 0.2) is 0 Å². The lowest BCUT2D eigenvalue weighted by Crippen LogP contribution is -2.57. The summed E-state index contributed by atoms with van der Waals surface area (Å²) in [6, 6.07) is -5.97. The number of carbonyl (C=O) groups is 6. The molecule has 0 aromatic rings. The summed E-state index contributed by atoms with van der Waals surface area (Å²) in [6.07, 6.45) is -1.36. The van der Waals surface area contributed by atoms with E-state index in [0.717, 1.165) is 0 Å². The molecule has 0 aliphatic rings. The second-order valence-electron chi connectivity index (χ2n) is 5.75. The van der Waals surface area contributed by atoms with Crippen molar-refractivity contribution in [2.45, 2.75) is 43.9 Å². The number of nitrogens with two attached hydrogens (primary N) is 2. The zero-order valence-electron chi connectivity index (χ0n) is 14.9. The molecule has 14 nitrogen and oxygen atoms in total. The van der Waals surface area contributed by atoms with E-state index in [2.05, 4.69) is 5.32 Å². The lowest BCUT2D eigenvalue weighted by molar-refractivity contribution is -0.144. The van der Waals surface area contributed by atoms with Crippen molar-refractivity contribution in [2.75, 3.05) is 6.61 Å². The molecule has 14 heteroatoms. The van der Waals surface area contributed by atoms with Crippen LogP contribution in [0.4, 0.5) is 0 Å². The fourth-order valence-electron chi connectivity index (χ4n) is 1.83. The van der Waals surface area contributed by atoms with Crippen molar-refractivity contribution in [1.82, 2.24) is 16.0 Å². The molecule has 0 aromatic carbocycles. The summed E-state index contributed by atoms with van der Waals surface area (Å²) in [7, 11) is 0. The van der Waals surface area contributed by atoms with Gasteiger partial charge in [-0.05, 0) is 6.92 Å². The molecule has 0 spiro atoms. The number of hydrogen-bond donors (Lipinski definition) is 8. The van der Waals surface area contributed by atoms with E-state index in [9.17, 15) is 28.8 Å². The summed E-state index contributed by atoms with van der Waals surface area (Å²) < 4.78 is 0. The smallest absolute Gasteiger partial charge is 0.328 e. The third-order valence-electron chi connectivity index (χ3n) is 3.32. The number of rotatable bonds is 12. The second kappa shape index (κ2) is 11.5. The number of carboxylic acids is 2. The number of carboxylic acid groups (broad SMARTS) is 2. The summed E-state index contributed by atoms with van der Waals surface area (Å²) in [5.74, 6) is -6.91. The molecule has 10 N–H and O–H groups in total. The second-order valence-corrected chi connectivity index (χ2v) is 5.75. The van der Waals surface area contributed by atoms with Crippen LogP contribution in [0.15, 0.2) is 0 Å². The van der Waals surface area contributed by atoms with E-state index in [1.807, 2.05) is 10.6 Å². The predicted octanol–water partition coefficient (Wildman–Crippen LogP) is -4.78. The van der Waals surface area contributed by atoms with Gasteiger partial charge in [-0.3, -0.25) is 24.0 Å². The van der Waals surface area contributed by atoms with Crippen LogP contribution in [0.25, 0.3) is 0 Å². The first-order chi connectivity index (χ1) is 12.9. The molecule has 4 unspecified atom stereocenters. The average molecular weight is 405 g/mol. The van der Waals surface area contributed by atoms with E-state index in [0.29, 0.717) is 0 Å². The van der Waals surface area contributed by atoms with Crippen LogP contribution in [0.2, 0.25) is 0 Å². The standard InChI is InChI=1S/C14H23N5O9/c1-5(17-12(25)6(15)2-9(16)21)11(24)18-7(3-10(22)23)13(26)19-8(4-20)14(27)28/h5-8,20H,2-4,15H2,1H3,(H2,16,21)(H,17,25)(H,18,24)(H,19,26)(H,22,23)(H,27,28). The van der Waals surface area contributed by atoms with Crippen LogP contribution in [-0.4, -0.2) is 81.7 Å². The molecule has 0 aliphatic heterocycles. The highest BCUT2D eigenvalue weighted by Crippen LogP contribution is 1.98. The van der Waals surface area contributed by atoms with E-state index >= 15 is 0 Å². The average Bonchev–Trinajstić information content (AvgIpc) is 2.57. The van der Waals surface area contributed by atoms with Crippen LogP contribution in [0.5, 0.6) is 0 Å². The highest BCUT2D eigenvalue weighted by Gasteiger charge is 2.30. The van der Waals surface area contributed by atoms with Crippen LogP contribution in [0.1, 0.15) is 19.8 Å². The molecule has 0 saturated carbocycles. The number of primary amides is 1. The van der Waals surface area contributed by atoms with Crippen LogP contribution < -0.4 is 27.4 Å². The number of amides is 4. The molecule has 0 aromatic heterocycles. The van der Waals surface area contributed by atoms with Gasteiger partial charge in [-0.25, -0.2) is 4.79 Å².